The van der Waals surface area contributed by atoms with E-state index in [1.165, 1.54) is 25.7 Å². The van der Waals surface area contributed by atoms with Crippen LogP contribution in [-0.2, 0) is 12.8 Å². The third-order valence-corrected chi connectivity index (χ3v) is 4.47. The molecular weight excluding hydrogens is 192 g/mol. The van der Waals surface area contributed by atoms with E-state index in [1.54, 1.807) is 11.1 Å². The van der Waals surface area contributed by atoms with Crippen LogP contribution in [0.2, 0.25) is 0 Å². The first-order valence-corrected chi connectivity index (χ1v) is 6.00. The minimum atomic E-state index is 0.607. The molecule has 14 heavy (non-hydrogen) atoms. The van der Waals surface area contributed by atoms with Gasteiger partial charge in [0.2, 0.25) is 0 Å². The summed E-state index contributed by atoms with van der Waals surface area (Å²) in [7, 11) is 0. The maximum Gasteiger partial charge on any atom is 0.0257 e. The van der Waals surface area contributed by atoms with E-state index in [1.807, 2.05) is 0 Å². The fourth-order valence-electron chi connectivity index (χ4n) is 3.00. The Labute approximate surface area is 90.3 Å². The molecule has 1 heteroatoms. The molecule has 1 aromatic carbocycles. The van der Waals surface area contributed by atoms with Crippen LogP contribution in [0.25, 0.3) is 0 Å². The van der Waals surface area contributed by atoms with Crippen molar-refractivity contribution in [3.05, 3.63) is 35.4 Å². The number of benzene rings is 1. The van der Waals surface area contributed by atoms with Crippen molar-refractivity contribution in [3.63, 3.8) is 0 Å². The number of alkyl halides is 1. The average Bonchev–Trinajstić information content (AvgIpc) is 2.91. The molecule has 1 spiro atoms. The highest BCUT2D eigenvalue weighted by atomic mass is 35.5. The van der Waals surface area contributed by atoms with Gasteiger partial charge >= 0.3 is 0 Å². The Hall–Kier alpha value is -0.490. The Morgan fingerprint density at radius 2 is 2.07 bits per heavy atom. The molecule has 2 aliphatic carbocycles. The van der Waals surface area contributed by atoms with E-state index >= 15 is 0 Å². The monoisotopic (exact) mass is 206 g/mol. The predicted molar refractivity (Wildman–Crippen MR) is 59.7 cm³/mol. The lowest BCUT2D eigenvalue weighted by Crippen LogP contribution is -2.17. The number of fused-ring (bicyclic) bond motifs is 1. The zero-order valence-electron chi connectivity index (χ0n) is 8.30. The molecule has 0 radical (unpaired) electrons. The third kappa shape index (κ3) is 1.20. The first-order chi connectivity index (χ1) is 6.84. The van der Waals surface area contributed by atoms with Crippen LogP contribution < -0.4 is 0 Å². The van der Waals surface area contributed by atoms with Gasteiger partial charge in [0.05, 0.1) is 0 Å². The van der Waals surface area contributed by atoms with E-state index in [0.717, 1.165) is 11.8 Å². The summed E-state index contributed by atoms with van der Waals surface area (Å²) < 4.78 is 0. The zero-order chi connectivity index (χ0) is 9.60. The lowest BCUT2D eigenvalue weighted by Gasteiger charge is -2.25. The van der Waals surface area contributed by atoms with Crippen molar-refractivity contribution in [1.82, 2.24) is 0 Å². The van der Waals surface area contributed by atoms with Crippen molar-refractivity contribution < 1.29 is 0 Å². The molecule has 0 bridgehead atoms. The van der Waals surface area contributed by atoms with Gasteiger partial charge in [-0.2, -0.15) is 0 Å². The van der Waals surface area contributed by atoms with Crippen molar-refractivity contribution in [1.29, 1.82) is 0 Å². The van der Waals surface area contributed by atoms with Crippen LogP contribution in [0.15, 0.2) is 24.3 Å². The van der Waals surface area contributed by atoms with Crippen LogP contribution in [0.4, 0.5) is 0 Å². The van der Waals surface area contributed by atoms with Crippen molar-refractivity contribution in [2.24, 2.45) is 11.3 Å². The number of hydrogen-bond acceptors (Lipinski definition) is 0. The summed E-state index contributed by atoms with van der Waals surface area (Å²) in [5.74, 6) is 1.67. The van der Waals surface area contributed by atoms with E-state index < -0.39 is 0 Å². The maximum absolute atomic E-state index is 5.95. The van der Waals surface area contributed by atoms with E-state index in [-0.39, 0.29) is 0 Å². The number of rotatable bonds is 1. The van der Waals surface area contributed by atoms with Crippen molar-refractivity contribution >= 4 is 11.6 Å². The normalized spacial score (nSPS) is 34.2. The highest BCUT2D eigenvalue weighted by Gasteiger charge is 2.53. The van der Waals surface area contributed by atoms with E-state index in [2.05, 4.69) is 24.3 Å². The van der Waals surface area contributed by atoms with Gasteiger partial charge in [-0.15, -0.1) is 11.6 Å². The quantitative estimate of drug-likeness (QED) is 0.618. The Morgan fingerprint density at radius 3 is 2.79 bits per heavy atom. The fourth-order valence-corrected chi connectivity index (χ4v) is 3.43. The predicted octanol–water partition coefficient (Wildman–Crippen LogP) is 3.42. The fraction of sp³-hybridized carbons (Fsp3) is 0.538. The molecule has 0 saturated heterocycles. The number of aryl methyl sites for hydroxylation is 1. The Balaban J connectivity index is 1.88. The third-order valence-electron chi connectivity index (χ3n) is 4.10. The van der Waals surface area contributed by atoms with Gasteiger partial charge in [-0.1, -0.05) is 24.3 Å². The van der Waals surface area contributed by atoms with Gasteiger partial charge in [0.1, 0.15) is 0 Å². The van der Waals surface area contributed by atoms with E-state index in [4.69, 9.17) is 11.6 Å². The van der Waals surface area contributed by atoms with Gasteiger partial charge in [-0.3, -0.25) is 0 Å². The maximum atomic E-state index is 5.95. The van der Waals surface area contributed by atoms with Crippen molar-refractivity contribution in [2.75, 3.05) is 5.88 Å². The smallest absolute Gasteiger partial charge is 0.0257 e. The first kappa shape index (κ1) is 8.79. The van der Waals surface area contributed by atoms with Crippen molar-refractivity contribution in [3.8, 4) is 0 Å². The highest BCUT2D eigenvalue weighted by Crippen LogP contribution is 2.60. The molecule has 0 heterocycles. The van der Waals surface area contributed by atoms with Crippen LogP contribution in [0, 0.1) is 11.3 Å². The highest BCUT2D eigenvalue weighted by molar-refractivity contribution is 6.18. The summed E-state index contributed by atoms with van der Waals surface area (Å²) in [6.45, 7) is 0. The molecule has 0 amide bonds. The molecule has 0 N–H and O–H groups in total. The zero-order valence-corrected chi connectivity index (χ0v) is 9.06. The Morgan fingerprint density at radius 1 is 1.29 bits per heavy atom. The van der Waals surface area contributed by atoms with Gasteiger partial charge in [0, 0.05) is 5.88 Å². The molecule has 0 aliphatic heterocycles. The van der Waals surface area contributed by atoms with Crippen LogP contribution in [0.5, 0.6) is 0 Å². The van der Waals surface area contributed by atoms with Crippen LogP contribution in [0.3, 0.4) is 0 Å². The minimum Gasteiger partial charge on any atom is -0.126 e. The molecule has 74 valence electrons. The number of hydrogen-bond donors (Lipinski definition) is 0. The lowest BCUT2D eigenvalue weighted by molar-refractivity contribution is 0.404. The Kier molecular flexibility index (Phi) is 1.88. The van der Waals surface area contributed by atoms with Gasteiger partial charge in [0.15, 0.2) is 0 Å². The molecule has 1 aromatic rings. The summed E-state index contributed by atoms with van der Waals surface area (Å²) in [4.78, 5) is 0. The molecule has 2 atom stereocenters. The summed E-state index contributed by atoms with van der Waals surface area (Å²) in [6.07, 6.45) is 5.27. The second kappa shape index (κ2) is 3.00. The molecular formula is C13H15Cl. The van der Waals surface area contributed by atoms with Crippen LogP contribution in [-0.4, -0.2) is 5.88 Å². The second-order valence-electron chi connectivity index (χ2n) is 4.86. The Bertz CT molecular complexity index is 358. The first-order valence-electron chi connectivity index (χ1n) is 5.47. The average molecular weight is 207 g/mol. The molecule has 2 aliphatic rings. The van der Waals surface area contributed by atoms with Gasteiger partial charge < -0.3 is 0 Å². The topological polar surface area (TPSA) is 0 Å². The second-order valence-corrected chi connectivity index (χ2v) is 5.17. The molecule has 1 fully saturated rings. The van der Waals surface area contributed by atoms with Gasteiger partial charge in [-0.05, 0) is 48.1 Å². The molecule has 3 rings (SSSR count). The summed E-state index contributed by atoms with van der Waals surface area (Å²) in [5.41, 5.74) is 3.75. The van der Waals surface area contributed by atoms with E-state index in [9.17, 15) is 0 Å². The summed E-state index contributed by atoms with van der Waals surface area (Å²) >= 11 is 5.95. The molecule has 1 saturated carbocycles. The molecule has 0 aromatic heterocycles. The standard InChI is InChI=1S/C13H15Cl/c14-9-12-8-13(12)6-5-10-3-1-2-4-11(10)7-13/h1-4,12H,5-9H2. The molecule has 2 unspecified atom stereocenters. The van der Waals surface area contributed by atoms with Crippen LogP contribution >= 0.6 is 11.6 Å². The molecule has 0 nitrogen and oxygen atoms in total. The van der Waals surface area contributed by atoms with E-state index in [0.29, 0.717) is 5.41 Å². The summed E-state index contributed by atoms with van der Waals surface area (Å²) in [5, 5.41) is 0. The minimum absolute atomic E-state index is 0.607. The lowest BCUT2D eigenvalue weighted by atomic mass is 9.80. The van der Waals surface area contributed by atoms with Gasteiger partial charge in [-0.25, -0.2) is 0 Å². The van der Waals surface area contributed by atoms with Crippen LogP contribution in [0.1, 0.15) is 24.0 Å². The van der Waals surface area contributed by atoms with Crippen molar-refractivity contribution in [2.45, 2.75) is 25.7 Å². The SMILES string of the molecule is ClCC1CC12CCc1ccccc1C2. The summed E-state index contributed by atoms with van der Waals surface area (Å²) in [6, 6.07) is 8.89. The largest absolute Gasteiger partial charge is 0.126 e. The van der Waals surface area contributed by atoms with Gasteiger partial charge in [0.25, 0.3) is 0 Å². The number of halogens is 1.